The second-order valence-corrected chi connectivity index (χ2v) is 6.11. The Labute approximate surface area is 120 Å². The van der Waals surface area contributed by atoms with Gasteiger partial charge in [0, 0.05) is 19.1 Å². The Bertz CT molecular complexity index is 355. The lowest BCUT2D eigenvalue weighted by Crippen LogP contribution is -2.57. The van der Waals surface area contributed by atoms with Crippen molar-refractivity contribution >= 4 is 11.9 Å². The Hall–Kier alpha value is -1.10. The molecular weight excluding hydrogens is 258 g/mol. The number of ether oxygens (including phenoxy) is 1. The molecule has 2 fully saturated rings. The molecule has 2 N–H and O–H groups in total. The summed E-state index contributed by atoms with van der Waals surface area (Å²) < 4.78 is 5.24. The first-order chi connectivity index (χ1) is 9.57. The number of hydrogen-bond donors (Lipinski definition) is 2. The minimum absolute atomic E-state index is 0.0936. The second-order valence-electron chi connectivity index (χ2n) is 6.11. The highest BCUT2D eigenvalue weighted by Gasteiger charge is 2.43. The monoisotopic (exact) mass is 283 g/mol. The van der Waals surface area contributed by atoms with Crippen LogP contribution in [0, 0.1) is 11.8 Å². The van der Waals surface area contributed by atoms with Gasteiger partial charge >= 0.3 is 5.97 Å². The van der Waals surface area contributed by atoms with Crippen molar-refractivity contribution in [2.75, 3.05) is 13.2 Å². The topological polar surface area (TPSA) is 75.6 Å². The van der Waals surface area contributed by atoms with E-state index in [1.54, 1.807) is 0 Å². The summed E-state index contributed by atoms with van der Waals surface area (Å²) in [5.41, 5.74) is -1.04. The molecule has 0 unspecified atom stereocenters. The first-order valence-electron chi connectivity index (χ1n) is 7.70. The maximum absolute atomic E-state index is 12.3. The Morgan fingerprint density at radius 1 is 1.20 bits per heavy atom. The zero-order chi connectivity index (χ0) is 14.6. The smallest absolute Gasteiger partial charge is 0.329 e. The predicted molar refractivity (Wildman–Crippen MR) is 74.3 cm³/mol. The zero-order valence-electron chi connectivity index (χ0n) is 12.2. The number of rotatable bonds is 4. The van der Waals surface area contributed by atoms with Crippen LogP contribution in [0.1, 0.15) is 51.9 Å². The number of carboxylic acids is 1. The van der Waals surface area contributed by atoms with Crippen molar-refractivity contribution < 1.29 is 19.4 Å². The van der Waals surface area contributed by atoms with Gasteiger partial charge in [-0.1, -0.05) is 13.3 Å². The molecule has 2 rings (SSSR count). The van der Waals surface area contributed by atoms with Gasteiger partial charge in [0.25, 0.3) is 0 Å². The highest BCUT2D eigenvalue weighted by atomic mass is 16.5. The number of carboxylic acid groups (broad SMARTS) is 1. The molecule has 1 saturated carbocycles. The van der Waals surface area contributed by atoms with Crippen molar-refractivity contribution in [2.24, 2.45) is 11.8 Å². The summed E-state index contributed by atoms with van der Waals surface area (Å²) in [7, 11) is 0. The maximum Gasteiger partial charge on any atom is 0.329 e. The highest BCUT2D eigenvalue weighted by molar-refractivity contribution is 5.88. The fraction of sp³-hybridized carbons (Fsp3) is 0.867. The van der Waals surface area contributed by atoms with E-state index in [2.05, 4.69) is 12.2 Å². The van der Waals surface area contributed by atoms with E-state index < -0.39 is 11.5 Å². The lowest BCUT2D eigenvalue weighted by Gasteiger charge is -2.38. The van der Waals surface area contributed by atoms with Crippen LogP contribution in [-0.4, -0.2) is 35.7 Å². The highest BCUT2D eigenvalue weighted by Crippen LogP contribution is 2.34. The number of aliphatic carboxylic acids is 1. The largest absolute Gasteiger partial charge is 0.480 e. The van der Waals surface area contributed by atoms with Crippen LogP contribution in [0.5, 0.6) is 0 Å². The number of hydrogen-bond acceptors (Lipinski definition) is 3. The van der Waals surface area contributed by atoms with Crippen molar-refractivity contribution in [3.8, 4) is 0 Å². The molecule has 0 aromatic rings. The Kier molecular flexibility index (Phi) is 5.02. The van der Waals surface area contributed by atoms with Crippen LogP contribution in [0.25, 0.3) is 0 Å². The summed E-state index contributed by atoms with van der Waals surface area (Å²) >= 11 is 0. The summed E-state index contributed by atoms with van der Waals surface area (Å²) in [6.45, 7) is 3.32. The lowest BCUT2D eigenvalue weighted by atomic mass is 9.75. The number of nitrogens with one attached hydrogen (secondary N) is 1. The van der Waals surface area contributed by atoms with Crippen molar-refractivity contribution in [3.05, 3.63) is 0 Å². The molecule has 1 amide bonds. The lowest BCUT2D eigenvalue weighted by molar-refractivity contribution is -0.151. The van der Waals surface area contributed by atoms with Crippen molar-refractivity contribution in [1.29, 1.82) is 0 Å². The van der Waals surface area contributed by atoms with Crippen LogP contribution in [0.2, 0.25) is 0 Å². The van der Waals surface area contributed by atoms with E-state index in [9.17, 15) is 14.7 Å². The predicted octanol–water partition coefficient (Wildman–Crippen LogP) is 1.95. The van der Waals surface area contributed by atoms with Crippen LogP contribution in [0.3, 0.4) is 0 Å². The van der Waals surface area contributed by atoms with E-state index >= 15 is 0 Å². The van der Waals surface area contributed by atoms with Crippen LogP contribution < -0.4 is 5.32 Å². The third-order valence-corrected chi connectivity index (χ3v) is 4.90. The van der Waals surface area contributed by atoms with Crippen LogP contribution in [-0.2, 0) is 14.3 Å². The van der Waals surface area contributed by atoms with E-state index in [0.29, 0.717) is 44.8 Å². The van der Waals surface area contributed by atoms with Gasteiger partial charge in [-0.05, 0) is 44.4 Å². The first kappa shape index (κ1) is 15.3. The van der Waals surface area contributed by atoms with Gasteiger partial charge in [-0.2, -0.15) is 0 Å². The first-order valence-corrected chi connectivity index (χ1v) is 7.70. The van der Waals surface area contributed by atoms with Gasteiger partial charge in [-0.15, -0.1) is 0 Å². The quantitative estimate of drug-likeness (QED) is 0.827. The number of carbonyl (C=O) groups excluding carboxylic acids is 1. The molecule has 0 spiro atoms. The van der Waals surface area contributed by atoms with E-state index in [-0.39, 0.29) is 11.8 Å². The Balaban J connectivity index is 1.98. The number of carbonyl (C=O) groups is 2. The molecule has 0 atom stereocenters. The van der Waals surface area contributed by atoms with E-state index in [0.717, 1.165) is 19.3 Å². The van der Waals surface area contributed by atoms with Crippen LogP contribution in [0.15, 0.2) is 0 Å². The van der Waals surface area contributed by atoms with Gasteiger partial charge in [0.05, 0.1) is 0 Å². The molecule has 0 bridgehead atoms. The van der Waals surface area contributed by atoms with Crippen molar-refractivity contribution in [1.82, 2.24) is 5.32 Å². The molecule has 0 radical (unpaired) electrons. The van der Waals surface area contributed by atoms with Crippen LogP contribution in [0.4, 0.5) is 0 Å². The third-order valence-electron chi connectivity index (χ3n) is 4.90. The van der Waals surface area contributed by atoms with Gasteiger partial charge in [0.15, 0.2) is 0 Å². The third kappa shape index (κ3) is 3.32. The van der Waals surface area contributed by atoms with Crippen molar-refractivity contribution in [3.63, 3.8) is 0 Å². The fourth-order valence-electron chi connectivity index (χ4n) is 3.27. The molecule has 114 valence electrons. The van der Waals surface area contributed by atoms with E-state index in [1.165, 1.54) is 0 Å². The Morgan fingerprint density at radius 2 is 1.80 bits per heavy atom. The van der Waals surface area contributed by atoms with Crippen molar-refractivity contribution in [2.45, 2.75) is 57.4 Å². The second kappa shape index (κ2) is 6.57. The maximum atomic E-state index is 12.3. The van der Waals surface area contributed by atoms with Gasteiger partial charge in [-0.25, -0.2) is 4.79 Å². The minimum atomic E-state index is -1.04. The molecule has 2 aliphatic rings. The summed E-state index contributed by atoms with van der Waals surface area (Å²) in [5.74, 6) is -0.482. The van der Waals surface area contributed by atoms with Gasteiger partial charge in [-0.3, -0.25) is 4.79 Å². The summed E-state index contributed by atoms with van der Waals surface area (Å²) in [5, 5.41) is 12.4. The summed E-state index contributed by atoms with van der Waals surface area (Å²) in [6, 6.07) is 0. The van der Waals surface area contributed by atoms with Gasteiger partial charge in [0.1, 0.15) is 5.54 Å². The van der Waals surface area contributed by atoms with Gasteiger partial charge in [0.2, 0.25) is 5.91 Å². The normalized spacial score (nSPS) is 31.8. The molecule has 1 aliphatic heterocycles. The molecule has 1 saturated heterocycles. The zero-order valence-corrected chi connectivity index (χ0v) is 12.2. The average Bonchev–Trinajstić information content (AvgIpc) is 2.48. The van der Waals surface area contributed by atoms with E-state index in [1.807, 2.05) is 0 Å². The molecule has 1 aliphatic carbocycles. The summed E-state index contributed by atoms with van der Waals surface area (Å²) in [4.78, 5) is 23.9. The summed E-state index contributed by atoms with van der Waals surface area (Å²) in [6.07, 6.45) is 5.35. The molecule has 5 heteroatoms. The fourth-order valence-corrected chi connectivity index (χ4v) is 3.27. The molecular formula is C15H25NO4. The van der Waals surface area contributed by atoms with Gasteiger partial charge < -0.3 is 15.2 Å². The Morgan fingerprint density at radius 3 is 2.30 bits per heavy atom. The average molecular weight is 283 g/mol. The van der Waals surface area contributed by atoms with E-state index in [4.69, 9.17) is 4.74 Å². The standard InChI is InChI=1S/C15H25NO4/c1-2-11-3-7-15(8-4-11,14(18)19)16-13(17)12-5-9-20-10-6-12/h11-12H,2-10H2,1H3,(H,16,17)(H,18,19). The molecule has 5 nitrogen and oxygen atoms in total. The SMILES string of the molecule is CCC1CCC(NC(=O)C2CCOCC2)(C(=O)O)CC1. The molecule has 20 heavy (non-hydrogen) atoms. The number of amides is 1. The van der Waals surface area contributed by atoms with Crippen LogP contribution >= 0.6 is 0 Å². The molecule has 0 aromatic heterocycles. The molecule has 0 aromatic carbocycles. The minimum Gasteiger partial charge on any atom is -0.480 e. The molecule has 1 heterocycles.